The third-order valence-corrected chi connectivity index (χ3v) is 5.49. The molecule has 0 unspecified atom stereocenters. The average Bonchev–Trinajstić information content (AvgIpc) is 3.42. The lowest BCUT2D eigenvalue weighted by atomic mass is 9.99. The van der Waals surface area contributed by atoms with E-state index >= 15 is 4.39 Å². The maximum atomic E-state index is 15.2. The summed E-state index contributed by atoms with van der Waals surface area (Å²) in [6, 6.07) is 10.1. The topological polar surface area (TPSA) is 99.8 Å². The Morgan fingerprint density at radius 2 is 1.68 bits per heavy atom. The SMILES string of the molecule is O=C(Nc1cccc(F)c1)Nc1cc(F)c(F)c(C(=O)c2ccc3ncc(-c4cn[nH]c4)cc3c2)c1F. The second kappa shape index (κ2) is 9.53. The number of carbonyl (C=O) groups is 2. The molecule has 3 aromatic carbocycles. The first-order valence-corrected chi connectivity index (χ1v) is 10.7. The molecule has 0 aliphatic heterocycles. The van der Waals surface area contributed by atoms with Gasteiger partial charge in [-0.2, -0.15) is 5.10 Å². The molecule has 7 nitrogen and oxygen atoms in total. The van der Waals surface area contributed by atoms with Crippen LogP contribution in [0.4, 0.5) is 33.7 Å². The first-order valence-electron chi connectivity index (χ1n) is 10.7. The Bertz CT molecular complexity index is 1670. The van der Waals surface area contributed by atoms with Crippen LogP contribution in [0.25, 0.3) is 22.0 Å². The van der Waals surface area contributed by atoms with Crippen LogP contribution in [0.5, 0.6) is 0 Å². The number of H-pyrrole nitrogens is 1. The first-order chi connectivity index (χ1) is 17.8. The molecule has 5 aromatic rings. The number of aromatic nitrogens is 3. The Morgan fingerprint density at radius 3 is 2.43 bits per heavy atom. The molecular formula is C26H15F4N5O2. The standard InChI is InChI=1S/C26H15F4N5O2/c27-17-2-1-3-18(8-17)34-26(37)35-21-9-19(28)23(29)22(24(21)30)25(36)13-4-5-20-14(6-13)7-15(10-31-20)16-11-32-33-12-16/h1-12H,(H,32,33)(H2,34,35,37). The molecule has 0 bridgehead atoms. The van der Waals surface area contributed by atoms with Crippen LogP contribution < -0.4 is 10.6 Å². The van der Waals surface area contributed by atoms with Gasteiger partial charge >= 0.3 is 6.03 Å². The molecule has 0 radical (unpaired) electrons. The van der Waals surface area contributed by atoms with E-state index in [1.165, 1.54) is 30.3 Å². The minimum atomic E-state index is -1.70. The molecule has 0 atom stereocenters. The Balaban J connectivity index is 1.47. The molecular weight excluding hydrogens is 490 g/mol. The van der Waals surface area contributed by atoms with Gasteiger partial charge in [-0.25, -0.2) is 22.4 Å². The Labute approximate surface area is 206 Å². The van der Waals surface area contributed by atoms with Gasteiger partial charge in [-0.1, -0.05) is 6.07 Å². The fourth-order valence-corrected chi connectivity index (χ4v) is 3.73. The summed E-state index contributed by atoms with van der Waals surface area (Å²) in [5.41, 5.74) is -0.112. The molecule has 3 N–H and O–H groups in total. The second-order valence-corrected chi connectivity index (χ2v) is 7.95. The number of halogens is 4. The monoisotopic (exact) mass is 505 g/mol. The molecule has 5 rings (SSSR count). The zero-order valence-electron chi connectivity index (χ0n) is 18.7. The van der Waals surface area contributed by atoms with Crippen LogP contribution in [-0.4, -0.2) is 27.0 Å². The van der Waals surface area contributed by atoms with E-state index in [1.807, 2.05) is 5.32 Å². The van der Waals surface area contributed by atoms with Crippen LogP contribution >= 0.6 is 0 Å². The van der Waals surface area contributed by atoms with Crippen molar-refractivity contribution in [1.29, 1.82) is 0 Å². The van der Waals surface area contributed by atoms with Gasteiger partial charge in [0.25, 0.3) is 0 Å². The number of pyridine rings is 1. The predicted octanol–water partition coefficient (Wildman–Crippen LogP) is 6.06. The highest BCUT2D eigenvalue weighted by Crippen LogP contribution is 2.28. The zero-order chi connectivity index (χ0) is 26.1. The summed E-state index contributed by atoms with van der Waals surface area (Å²) in [7, 11) is 0. The molecule has 0 aliphatic carbocycles. The minimum absolute atomic E-state index is 0.0383. The van der Waals surface area contributed by atoms with Crippen molar-refractivity contribution in [2.24, 2.45) is 0 Å². The van der Waals surface area contributed by atoms with Gasteiger partial charge in [-0.3, -0.25) is 14.9 Å². The number of aromatic amines is 1. The Morgan fingerprint density at radius 1 is 0.838 bits per heavy atom. The molecule has 11 heteroatoms. The number of benzene rings is 3. The molecule has 0 spiro atoms. The van der Waals surface area contributed by atoms with Crippen molar-refractivity contribution in [1.82, 2.24) is 15.2 Å². The molecule has 0 saturated heterocycles. The van der Waals surface area contributed by atoms with Crippen LogP contribution in [-0.2, 0) is 0 Å². The quantitative estimate of drug-likeness (QED) is 0.154. The van der Waals surface area contributed by atoms with E-state index in [0.717, 1.165) is 17.7 Å². The highest BCUT2D eigenvalue weighted by Gasteiger charge is 2.26. The summed E-state index contributed by atoms with van der Waals surface area (Å²) in [6.45, 7) is 0. The molecule has 0 aliphatic rings. The average molecular weight is 505 g/mol. The molecule has 184 valence electrons. The second-order valence-electron chi connectivity index (χ2n) is 7.95. The van der Waals surface area contributed by atoms with E-state index in [4.69, 9.17) is 0 Å². The smallest absolute Gasteiger partial charge is 0.308 e. The normalized spacial score (nSPS) is 10.9. The summed E-state index contributed by atoms with van der Waals surface area (Å²) in [5, 5.41) is 11.3. The molecule has 2 amide bonds. The van der Waals surface area contributed by atoms with Gasteiger partial charge in [0.2, 0.25) is 0 Å². The summed E-state index contributed by atoms with van der Waals surface area (Å²) in [6.07, 6.45) is 4.83. The van der Waals surface area contributed by atoms with Gasteiger partial charge in [0.15, 0.2) is 23.2 Å². The third-order valence-electron chi connectivity index (χ3n) is 5.49. The van der Waals surface area contributed by atoms with Gasteiger partial charge in [0.1, 0.15) is 5.82 Å². The number of urea groups is 1. The van der Waals surface area contributed by atoms with Gasteiger partial charge in [-0.15, -0.1) is 0 Å². The molecule has 2 aromatic heterocycles. The van der Waals surface area contributed by atoms with Crippen molar-refractivity contribution in [2.45, 2.75) is 0 Å². The maximum absolute atomic E-state index is 15.2. The van der Waals surface area contributed by atoms with Crippen LogP contribution in [0.1, 0.15) is 15.9 Å². The van der Waals surface area contributed by atoms with Crippen molar-refractivity contribution in [3.8, 4) is 11.1 Å². The predicted molar refractivity (Wildman–Crippen MR) is 128 cm³/mol. The fourth-order valence-electron chi connectivity index (χ4n) is 3.73. The number of nitrogens with one attached hydrogen (secondary N) is 3. The van der Waals surface area contributed by atoms with Gasteiger partial charge in [-0.05, 0) is 42.5 Å². The number of rotatable bonds is 5. The van der Waals surface area contributed by atoms with Crippen molar-refractivity contribution in [3.63, 3.8) is 0 Å². The zero-order valence-corrected chi connectivity index (χ0v) is 18.7. The highest BCUT2D eigenvalue weighted by molar-refractivity contribution is 6.12. The minimum Gasteiger partial charge on any atom is -0.308 e. The number of fused-ring (bicyclic) bond motifs is 1. The van der Waals surface area contributed by atoms with E-state index in [9.17, 15) is 22.8 Å². The fraction of sp³-hybridized carbons (Fsp3) is 0. The Kier molecular flexibility index (Phi) is 6.10. The number of ketones is 1. The maximum Gasteiger partial charge on any atom is 0.323 e. The van der Waals surface area contributed by atoms with Crippen LogP contribution in [0.2, 0.25) is 0 Å². The summed E-state index contributed by atoms with van der Waals surface area (Å²) in [5.74, 6) is -6.49. The lowest BCUT2D eigenvalue weighted by Gasteiger charge is -2.13. The number of carbonyl (C=O) groups excluding carboxylic acids is 2. The summed E-state index contributed by atoms with van der Waals surface area (Å²) in [4.78, 5) is 29.7. The molecule has 37 heavy (non-hydrogen) atoms. The highest BCUT2D eigenvalue weighted by atomic mass is 19.2. The third kappa shape index (κ3) is 4.74. The Hall–Kier alpha value is -5.06. The van der Waals surface area contributed by atoms with E-state index in [2.05, 4.69) is 20.5 Å². The van der Waals surface area contributed by atoms with Crippen molar-refractivity contribution in [3.05, 3.63) is 108 Å². The van der Waals surface area contributed by atoms with Gasteiger partial charge < -0.3 is 10.6 Å². The largest absolute Gasteiger partial charge is 0.323 e. The van der Waals surface area contributed by atoms with Gasteiger partial charge in [0, 0.05) is 46.2 Å². The van der Waals surface area contributed by atoms with E-state index in [1.54, 1.807) is 24.7 Å². The van der Waals surface area contributed by atoms with E-state index in [-0.39, 0.29) is 11.3 Å². The van der Waals surface area contributed by atoms with Crippen molar-refractivity contribution in [2.75, 3.05) is 10.6 Å². The van der Waals surface area contributed by atoms with Crippen molar-refractivity contribution < 1.29 is 27.2 Å². The first kappa shape index (κ1) is 23.7. The number of anilines is 2. The number of hydrogen-bond donors (Lipinski definition) is 3. The number of nitrogens with zero attached hydrogens (tertiary/aromatic N) is 2. The van der Waals surface area contributed by atoms with Crippen LogP contribution in [0, 0.1) is 23.3 Å². The van der Waals surface area contributed by atoms with E-state index < -0.39 is 46.3 Å². The van der Waals surface area contributed by atoms with Crippen LogP contribution in [0.15, 0.2) is 73.2 Å². The molecule has 2 heterocycles. The molecule has 0 saturated carbocycles. The number of hydrogen-bond acceptors (Lipinski definition) is 4. The van der Waals surface area contributed by atoms with E-state index in [0.29, 0.717) is 22.5 Å². The van der Waals surface area contributed by atoms with Crippen LogP contribution in [0.3, 0.4) is 0 Å². The summed E-state index contributed by atoms with van der Waals surface area (Å²) < 4.78 is 57.6. The van der Waals surface area contributed by atoms with Crippen molar-refractivity contribution >= 4 is 34.1 Å². The lowest BCUT2D eigenvalue weighted by molar-refractivity contribution is 0.103. The lowest BCUT2D eigenvalue weighted by Crippen LogP contribution is -2.22. The molecule has 0 fully saturated rings. The van der Waals surface area contributed by atoms with Gasteiger partial charge in [0.05, 0.1) is 23.0 Å². The summed E-state index contributed by atoms with van der Waals surface area (Å²) >= 11 is 0. The number of amides is 2.